The summed E-state index contributed by atoms with van der Waals surface area (Å²) in [5.41, 5.74) is 0.0347. The van der Waals surface area contributed by atoms with E-state index in [1.807, 2.05) is 24.3 Å². The Balaban J connectivity index is 1.87. The summed E-state index contributed by atoms with van der Waals surface area (Å²) in [7, 11) is -3.87. The highest BCUT2D eigenvalue weighted by Crippen LogP contribution is 2.55. The summed E-state index contributed by atoms with van der Waals surface area (Å²) in [4.78, 5) is 24.6. The maximum atomic E-state index is 14.4. The summed E-state index contributed by atoms with van der Waals surface area (Å²) in [5, 5.41) is 2.70. The van der Waals surface area contributed by atoms with Crippen LogP contribution in [0, 0.1) is 0 Å². The average Bonchev–Trinajstić information content (AvgIpc) is 2.84. The largest absolute Gasteiger partial charge is 0.444 e. The van der Waals surface area contributed by atoms with Gasteiger partial charge in [-0.2, -0.15) is 0 Å². The van der Waals surface area contributed by atoms with Crippen molar-refractivity contribution in [2.24, 2.45) is 0 Å². The highest BCUT2D eigenvalue weighted by atomic mass is 31.2. The lowest BCUT2D eigenvalue weighted by molar-refractivity contribution is -0.118. The average molecular weight is 524 g/mol. The first-order valence-electron chi connectivity index (χ1n) is 12.3. The Morgan fingerprint density at radius 3 is 1.81 bits per heavy atom. The van der Waals surface area contributed by atoms with Crippen molar-refractivity contribution < 1.29 is 27.9 Å². The number of anilines is 1. The molecule has 3 rings (SSSR count). The van der Waals surface area contributed by atoms with E-state index in [0.29, 0.717) is 23.6 Å². The summed E-state index contributed by atoms with van der Waals surface area (Å²) < 4.78 is 31.7. The van der Waals surface area contributed by atoms with Crippen molar-refractivity contribution in [3.63, 3.8) is 0 Å². The molecule has 3 aromatic carbocycles. The number of carbonyl (C=O) groups excluding carboxylic acids is 2. The van der Waals surface area contributed by atoms with Gasteiger partial charge in [0.1, 0.15) is 22.9 Å². The number of amides is 1. The quantitative estimate of drug-likeness (QED) is 0.259. The molecular formula is C29H34NO6P. The fourth-order valence-electron chi connectivity index (χ4n) is 3.54. The van der Waals surface area contributed by atoms with Crippen molar-refractivity contribution in [2.45, 2.75) is 58.2 Å². The summed E-state index contributed by atoms with van der Waals surface area (Å²) in [6.45, 7) is 7.15. The van der Waals surface area contributed by atoms with E-state index in [-0.39, 0.29) is 18.6 Å². The Morgan fingerprint density at radius 2 is 1.35 bits per heavy atom. The normalized spacial score (nSPS) is 12.3. The lowest BCUT2D eigenvalue weighted by Crippen LogP contribution is -2.27. The minimum absolute atomic E-state index is 0.0331. The lowest BCUT2D eigenvalue weighted by Gasteiger charge is -2.27. The third-order valence-corrected chi connectivity index (χ3v) is 7.52. The molecule has 0 saturated carbocycles. The lowest BCUT2D eigenvalue weighted by atomic mass is 10.0. The molecule has 7 nitrogen and oxygen atoms in total. The first-order valence-corrected chi connectivity index (χ1v) is 13.9. The maximum absolute atomic E-state index is 14.4. The molecule has 0 fully saturated rings. The van der Waals surface area contributed by atoms with E-state index in [1.165, 1.54) is 0 Å². The molecule has 1 unspecified atom stereocenters. The van der Waals surface area contributed by atoms with Gasteiger partial charge in [0.2, 0.25) is 0 Å². The number of hydrogen-bond acceptors (Lipinski definition) is 6. The van der Waals surface area contributed by atoms with Gasteiger partial charge >= 0.3 is 13.7 Å². The Bertz CT molecular complexity index is 1160. The van der Waals surface area contributed by atoms with Gasteiger partial charge in [0.05, 0.1) is 5.66 Å². The van der Waals surface area contributed by atoms with Crippen molar-refractivity contribution in [1.82, 2.24) is 0 Å². The van der Waals surface area contributed by atoms with Crippen LogP contribution in [0.1, 0.15) is 46.1 Å². The third-order valence-electron chi connectivity index (χ3n) is 5.33. The van der Waals surface area contributed by atoms with Crippen molar-refractivity contribution in [1.29, 1.82) is 0 Å². The number of ether oxygens (including phenoxy) is 1. The van der Waals surface area contributed by atoms with Crippen molar-refractivity contribution in [3.05, 3.63) is 90.5 Å². The first kappa shape index (κ1) is 28.0. The zero-order valence-electron chi connectivity index (χ0n) is 21.7. The molecule has 0 spiro atoms. The molecule has 0 aliphatic rings. The van der Waals surface area contributed by atoms with Crippen LogP contribution >= 0.6 is 7.60 Å². The monoisotopic (exact) mass is 523 g/mol. The summed E-state index contributed by atoms with van der Waals surface area (Å²) >= 11 is 0. The fraction of sp³-hybridized carbons (Fsp3) is 0.310. The second-order valence-corrected chi connectivity index (χ2v) is 11.8. The Hall–Kier alpha value is -3.57. The molecule has 8 heteroatoms. The van der Waals surface area contributed by atoms with Crippen LogP contribution in [0.25, 0.3) is 0 Å². The van der Waals surface area contributed by atoms with E-state index >= 15 is 0 Å². The predicted octanol–water partition coefficient (Wildman–Crippen LogP) is 7.67. The number of ketones is 1. The van der Waals surface area contributed by atoms with Crippen LogP contribution in [0.4, 0.5) is 10.5 Å². The van der Waals surface area contributed by atoms with Crippen molar-refractivity contribution in [3.8, 4) is 11.5 Å². The molecule has 0 aliphatic heterocycles. The molecule has 1 atom stereocenters. The van der Waals surface area contributed by atoms with Crippen molar-refractivity contribution in [2.75, 3.05) is 5.32 Å². The highest BCUT2D eigenvalue weighted by molar-refractivity contribution is 7.55. The molecule has 196 valence electrons. The number of para-hydroxylation sites is 2. The van der Waals surface area contributed by atoms with Crippen LogP contribution in [0.15, 0.2) is 84.9 Å². The van der Waals surface area contributed by atoms with Gasteiger partial charge in [0.25, 0.3) is 0 Å². The minimum atomic E-state index is -3.87. The Morgan fingerprint density at radius 1 is 0.838 bits per heavy atom. The molecular weight excluding hydrogens is 489 g/mol. The predicted molar refractivity (Wildman–Crippen MR) is 145 cm³/mol. The van der Waals surface area contributed by atoms with Gasteiger partial charge in [-0.3, -0.25) is 10.1 Å². The van der Waals surface area contributed by atoms with Gasteiger partial charge in [0.15, 0.2) is 0 Å². The van der Waals surface area contributed by atoms with E-state index in [9.17, 15) is 14.2 Å². The number of benzene rings is 3. The molecule has 0 aliphatic carbocycles. The Labute approximate surface area is 218 Å². The summed E-state index contributed by atoms with van der Waals surface area (Å²) in [6, 6.07) is 24.7. The standard InChI is InChI=1S/C29H34NO6P/c1-5-24(31)21-27(20-22-16-18-23(19-17-22)30-28(32)34-29(2,3)4)37(33,35-25-12-8-6-9-13-25)36-26-14-10-7-11-15-26/h6-19,27H,5,20-21H2,1-4H3,(H,30,32). The zero-order valence-corrected chi connectivity index (χ0v) is 22.6. The molecule has 0 radical (unpaired) electrons. The van der Waals surface area contributed by atoms with Crippen molar-refractivity contribution >= 4 is 25.2 Å². The summed E-state index contributed by atoms with van der Waals surface area (Å²) in [5.74, 6) is 0.752. The molecule has 0 heterocycles. The maximum Gasteiger partial charge on any atom is 0.434 e. The van der Waals surface area contributed by atoms with Crippen LogP contribution in [0.5, 0.6) is 11.5 Å². The number of Topliss-reactive ketones (excluding diaryl/α,β-unsaturated/α-hetero) is 1. The van der Waals surface area contributed by atoms with Gasteiger partial charge < -0.3 is 13.8 Å². The Kier molecular flexibility index (Phi) is 9.54. The van der Waals surface area contributed by atoms with Gasteiger partial charge in [0, 0.05) is 18.5 Å². The SMILES string of the molecule is CCC(=O)CC(Cc1ccc(NC(=O)OC(C)(C)C)cc1)P(=O)(Oc1ccccc1)Oc1ccccc1. The van der Waals surface area contributed by atoms with Gasteiger partial charge in [-0.15, -0.1) is 0 Å². The van der Waals surface area contributed by atoms with Crippen LogP contribution in [0.3, 0.4) is 0 Å². The van der Waals surface area contributed by atoms with Gasteiger partial charge in [-0.25, -0.2) is 9.36 Å². The second kappa shape index (κ2) is 12.6. The topological polar surface area (TPSA) is 90.9 Å². The number of carbonyl (C=O) groups is 2. The van der Waals surface area contributed by atoms with Crippen LogP contribution in [-0.4, -0.2) is 23.1 Å². The van der Waals surface area contributed by atoms with Crippen LogP contribution < -0.4 is 14.4 Å². The van der Waals surface area contributed by atoms with Gasteiger partial charge in [-0.05, 0) is 69.2 Å². The minimum Gasteiger partial charge on any atom is -0.444 e. The van der Waals surface area contributed by atoms with Gasteiger partial charge in [-0.1, -0.05) is 55.5 Å². The number of hydrogen-bond donors (Lipinski definition) is 1. The van der Waals surface area contributed by atoms with E-state index in [1.54, 1.807) is 88.4 Å². The molecule has 1 N–H and O–H groups in total. The molecule has 0 bridgehead atoms. The first-order chi connectivity index (χ1) is 17.6. The molecule has 3 aromatic rings. The second-order valence-electron chi connectivity index (χ2n) is 9.63. The number of rotatable bonds is 11. The van der Waals surface area contributed by atoms with E-state index in [2.05, 4.69) is 5.32 Å². The van der Waals surface area contributed by atoms with Crippen LogP contribution in [-0.2, 0) is 20.5 Å². The molecule has 0 saturated heterocycles. The third kappa shape index (κ3) is 9.10. The smallest absolute Gasteiger partial charge is 0.434 e. The van der Waals surface area contributed by atoms with Crippen LogP contribution in [0.2, 0.25) is 0 Å². The highest BCUT2D eigenvalue weighted by Gasteiger charge is 2.40. The molecule has 37 heavy (non-hydrogen) atoms. The summed E-state index contributed by atoms with van der Waals surface area (Å²) in [6.07, 6.45) is 0.0656. The van der Waals surface area contributed by atoms with E-state index in [0.717, 1.165) is 5.56 Å². The molecule has 1 amide bonds. The molecule has 0 aromatic heterocycles. The fourth-order valence-corrected chi connectivity index (χ4v) is 5.57. The number of nitrogens with one attached hydrogen (secondary N) is 1. The zero-order chi connectivity index (χ0) is 26.9. The van der Waals surface area contributed by atoms with E-state index < -0.39 is 24.9 Å². The van der Waals surface area contributed by atoms with E-state index in [4.69, 9.17) is 13.8 Å².